The quantitative estimate of drug-likeness (QED) is 0.262. The Labute approximate surface area is 195 Å². The lowest BCUT2D eigenvalue weighted by Gasteiger charge is -2.37. The van der Waals surface area contributed by atoms with E-state index in [1.807, 2.05) is 24.3 Å². The monoisotopic (exact) mass is 451 g/mol. The number of imide groups is 1. The second-order valence-corrected chi connectivity index (χ2v) is 9.66. The van der Waals surface area contributed by atoms with E-state index in [1.54, 1.807) is 30.5 Å². The molecule has 3 aromatic rings. The fourth-order valence-corrected chi connectivity index (χ4v) is 6.26. The van der Waals surface area contributed by atoms with E-state index in [9.17, 15) is 14.4 Å². The molecule has 2 bridgehead atoms. The molecular formula is C27H21N3O4. The third-order valence-corrected chi connectivity index (χ3v) is 7.87. The highest BCUT2D eigenvalue weighted by Gasteiger charge is 2.67. The lowest BCUT2D eigenvalue weighted by atomic mass is 9.63. The number of aromatic nitrogens is 2. The summed E-state index contributed by atoms with van der Waals surface area (Å²) in [7, 11) is 0. The van der Waals surface area contributed by atoms with Crippen molar-refractivity contribution in [3.8, 4) is 17.0 Å². The molecule has 1 saturated heterocycles. The lowest BCUT2D eigenvalue weighted by Crippen LogP contribution is -2.40. The first-order valence-corrected chi connectivity index (χ1v) is 11.6. The molecule has 0 radical (unpaired) electrons. The van der Waals surface area contributed by atoms with Crippen LogP contribution in [0.25, 0.3) is 22.3 Å². The molecule has 1 aromatic heterocycles. The topological polar surface area (TPSA) is 89.5 Å². The van der Waals surface area contributed by atoms with Crippen LogP contribution in [0.4, 0.5) is 0 Å². The smallest absolute Gasteiger partial charge is 0.331 e. The number of esters is 1. The Hall–Kier alpha value is -3.87. The number of carbonyl (C=O) groups is 3. The number of nitrogens with zero attached hydrogens (tertiary/aromatic N) is 3. The van der Waals surface area contributed by atoms with Gasteiger partial charge in [0.25, 0.3) is 0 Å². The summed E-state index contributed by atoms with van der Waals surface area (Å²) in [4.78, 5) is 48.9. The number of rotatable bonds is 4. The first kappa shape index (κ1) is 19.6. The molecule has 0 spiro atoms. The second kappa shape index (κ2) is 7.06. The van der Waals surface area contributed by atoms with Crippen molar-refractivity contribution in [2.75, 3.05) is 6.54 Å². The van der Waals surface area contributed by atoms with Crippen LogP contribution in [0.1, 0.15) is 6.42 Å². The Kier molecular flexibility index (Phi) is 4.07. The molecule has 3 fully saturated rings. The maximum atomic E-state index is 13.0. The molecule has 2 heterocycles. The van der Waals surface area contributed by atoms with Crippen LogP contribution in [0.3, 0.4) is 0 Å². The van der Waals surface area contributed by atoms with Crippen LogP contribution >= 0.6 is 0 Å². The minimum absolute atomic E-state index is 0.142. The summed E-state index contributed by atoms with van der Waals surface area (Å²) in [5.41, 5.74) is 3.18. The van der Waals surface area contributed by atoms with Crippen LogP contribution < -0.4 is 4.74 Å². The summed E-state index contributed by atoms with van der Waals surface area (Å²) in [6, 6.07) is 14.6. The number of likely N-dealkylation sites (tertiary alicyclic amines) is 1. The average molecular weight is 451 g/mol. The van der Waals surface area contributed by atoms with Gasteiger partial charge in [-0.1, -0.05) is 24.3 Å². The van der Waals surface area contributed by atoms with Gasteiger partial charge in [-0.15, -0.1) is 0 Å². The second-order valence-electron chi connectivity index (χ2n) is 9.66. The number of ether oxygens (including phenoxy) is 1. The Morgan fingerprint density at radius 3 is 2.24 bits per heavy atom. The highest BCUT2D eigenvalue weighted by Crippen LogP contribution is 2.65. The number of allylic oxidation sites excluding steroid dienone is 2. The van der Waals surface area contributed by atoms with E-state index in [0.29, 0.717) is 23.3 Å². The summed E-state index contributed by atoms with van der Waals surface area (Å²) < 4.78 is 5.45. The van der Waals surface area contributed by atoms with E-state index in [4.69, 9.17) is 4.74 Å². The van der Waals surface area contributed by atoms with Crippen molar-refractivity contribution in [1.29, 1.82) is 0 Å². The molecule has 7 heteroatoms. The summed E-state index contributed by atoms with van der Waals surface area (Å²) in [5, 5.41) is 0. The zero-order valence-corrected chi connectivity index (χ0v) is 18.2. The number of fused-ring (bicyclic) bond motifs is 1. The van der Waals surface area contributed by atoms with E-state index in [1.165, 1.54) is 0 Å². The molecular weight excluding hydrogens is 430 g/mol. The summed E-state index contributed by atoms with van der Waals surface area (Å²) >= 11 is 0. The van der Waals surface area contributed by atoms with E-state index in [-0.39, 0.29) is 42.0 Å². The Balaban J connectivity index is 1.04. The minimum Gasteiger partial charge on any atom is -0.425 e. The van der Waals surface area contributed by atoms with Gasteiger partial charge < -0.3 is 4.74 Å². The molecule has 8 rings (SSSR count). The van der Waals surface area contributed by atoms with Gasteiger partial charge in [0.2, 0.25) is 11.8 Å². The zero-order chi connectivity index (χ0) is 23.0. The zero-order valence-electron chi connectivity index (χ0n) is 18.2. The molecule has 1 aliphatic heterocycles. The Morgan fingerprint density at radius 1 is 0.912 bits per heavy atom. The van der Waals surface area contributed by atoms with Crippen molar-refractivity contribution >= 4 is 28.8 Å². The third kappa shape index (κ3) is 2.86. The van der Waals surface area contributed by atoms with Crippen LogP contribution in [-0.2, 0) is 14.4 Å². The molecule has 2 aromatic carbocycles. The largest absolute Gasteiger partial charge is 0.425 e. The van der Waals surface area contributed by atoms with Crippen molar-refractivity contribution < 1.29 is 19.1 Å². The van der Waals surface area contributed by atoms with Gasteiger partial charge in [0, 0.05) is 5.56 Å². The molecule has 0 N–H and O–H groups in total. The molecule has 2 saturated carbocycles. The fourth-order valence-electron chi connectivity index (χ4n) is 6.26. The Bertz CT molecular complexity index is 1360. The van der Waals surface area contributed by atoms with Gasteiger partial charge >= 0.3 is 5.97 Å². The van der Waals surface area contributed by atoms with E-state index in [0.717, 1.165) is 27.9 Å². The first-order chi connectivity index (χ1) is 16.6. The van der Waals surface area contributed by atoms with Gasteiger partial charge in [-0.25, -0.2) is 9.78 Å². The highest BCUT2D eigenvalue weighted by molar-refractivity contribution is 6.08. The molecule has 4 aliphatic carbocycles. The number of para-hydroxylation sites is 2. The Morgan fingerprint density at radius 2 is 1.56 bits per heavy atom. The van der Waals surface area contributed by atoms with Gasteiger partial charge in [-0.3, -0.25) is 19.5 Å². The van der Waals surface area contributed by atoms with Crippen molar-refractivity contribution in [2.24, 2.45) is 35.5 Å². The minimum atomic E-state index is -0.621. The maximum absolute atomic E-state index is 13.0. The van der Waals surface area contributed by atoms with Gasteiger partial charge in [0.15, 0.2) is 0 Å². The summed E-state index contributed by atoms with van der Waals surface area (Å²) in [6.07, 6.45) is 7.06. The predicted octanol–water partition coefficient (Wildman–Crippen LogP) is 3.26. The van der Waals surface area contributed by atoms with Crippen LogP contribution in [0, 0.1) is 35.5 Å². The van der Waals surface area contributed by atoms with Gasteiger partial charge in [0.05, 0.1) is 34.8 Å². The van der Waals surface area contributed by atoms with Crippen LogP contribution in [-0.4, -0.2) is 39.2 Å². The lowest BCUT2D eigenvalue weighted by molar-refractivity contribution is -0.148. The molecule has 6 atom stereocenters. The van der Waals surface area contributed by atoms with Crippen molar-refractivity contribution in [1.82, 2.24) is 14.9 Å². The fraction of sp³-hybridized carbons (Fsp3) is 0.296. The van der Waals surface area contributed by atoms with Crippen LogP contribution in [0.15, 0.2) is 66.9 Å². The standard InChI is InChI=1S/C27H21N3O4/c31-23(13-30-26(32)24-16-9-10-17(19-11-18(16)19)25(24)27(30)33)34-15-7-5-14(6-8-15)22-12-28-20-3-1-2-4-21(20)29-22/h1-10,12,16-19,24-25H,11,13H2/t16-,17+,18-,19-,24+,25-/m1/s1. The number of hydrogen-bond acceptors (Lipinski definition) is 6. The SMILES string of the molecule is O=C(CN1C(=O)[C@@H]2[C@H]3C=C[C@H]([C@H]4C[C@H]34)[C@@H]2C1=O)Oc1ccc(-c2cnc3ccccc3n2)cc1. The van der Waals surface area contributed by atoms with Gasteiger partial charge in [-0.05, 0) is 66.5 Å². The average Bonchev–Trinajstić information content (AvgIpc) is 3.65. The van der Waals surface area contributed by atoms with Gasteiger partial charge in [-0.2, -0.15) is 0 Å². The molecule has 0 unspecified atom stereocenters. The highest BCUT2D eigenvalue weighted by atomic mass is 16.5. The molecule has 7 nitrogen and oxygen atoms in total. The number of amides is 2. The van der Waals surface area contributed by atoms with E-state index >= 15 is 0 Å². The summed E-state index contributed by atoms with van der Waals surface area (Å²) in [6.45, 7) is -0.350. The number of hydrogen-bond donors (Lipinski definition) is 0. The third-order valence-electron chi connectivity index (χ3n) is 7.87. The van der Waals surface area contributed by atoms with Crippen LogP contribution in [0.5, 0.6) is 5.75 Å². The first-order valence-electron chi connectivity index (χ1n) is 11.6. The van der Waals surface area contributed by atoms with E-state index in [2.05, 4.69) is 22.1 Å². The molecule has 168 valence electrons. The van der Waals surface area contributed by atoms with Crippen molar-refractivity contribution in [3.05, 3.63) is 66.9 Å². The number of benzene rings is 2. The van der Waals surface area contributed by atoms with Crippen molar-refractivity contribution in [3.63, 3.8) is 0 Å². The summed E-state index contributed by atoms with van der Waals surface area (Å²) in [5.74, 6) is 0.0282. The maximum Gasteiger partial charge on any atom is 0.331 e. The van der Waals surface area contributed by atoms with Gasteiger partial charge in [0.1, 0.15) is 12.3 Å². The number of carbonyl (C=O) groups excluding carboxylic acids is 3. The van der Waals surface area contributed by atoms with Crippen LogP contribution in [0.2, 0.25) is 0 Å². The normalized spacial score (nSPS) is 30.4. The molecule has 2 amide bonds. The predicted molar refractivity (Wildman–Crippen MR) is 122 cm³/mol. The van der Waals surface area contributed by atoms with Crippen molar-refractivity contribution in [2.45, 2.75) is 6.42 Å². The van der Waals surface area contributed by atoms with E-state index < -0.39 is 5.97 Å². The molecule has 34 heavy (non-hydrogen) atoms. The molecule has 5 aliphatic rings.